The molecular weight excluding hydrogens is 380 g/mol. The quantitative estimate of drug-likeness (QED) is 0.258. The summed E-state index contributed by atoms with van der Waals surface area (Å²) in [4.78, 5) is 24.7. The van der Waals surface area contributed by atoms with Crippen LogP contribution in [0.5, 0.6) is 0 Å². The van der Waals surface area contributed by atoms with Crippen molar-refractivity contribution in [3.05, 3.63) is 58.0 Å². The Labute approximate surface area is 167 Å². The summed E-state index contributed by atoms with van der Waals surface area (Å²) in [7, 11) is 0. The zero-order valence-corrected chi connectivity index (χ0v) is 15.8. The third kappa shape index (κ3) is 4.65. The molecule has 2 heterocycles. The predicted octanol–water partition coefficient (Wildman–Crippen LogP) is 1.25. The fraction of sp³-hybridized carbons (Fsp3) is 0.263. The summed E-state index contributed by atoms with van der Waals surface area (Å²) in [6.45, 7) is 1.72. The Morgan fingerprint density at radius 1 is 1.18 bits per heavy atom. The van der Waals surface area contributed by atoms with Crippen molar-refractivity contribution in [3.63, 3.8) is 0 Å². The van der Waals surface area contributed by atoms with Crippen LogP contribution in [0.2, 0.25) is 5.02 Å². The number of hydrogen-bond donors (Lipinski definition) is 6. The summed E-state index contributed by atoms with van der Waals surface area (Å²) in [6, 6.07) is 6.46. The molecule has 0 aliphatic carbocycles. The molecule has 3 rings (SSSR count). The molecule has 1 fully saturated rings. The molecule has 0 spiro atoms. The van der Waals surface area contributed by atoms with E-state index in [9.17, 15) is 9.59 Å². The van der Waals surface area contributed by atoms with Crippen LogP contribution in [0, 0.1) is 16.7 Å². The smallest absolute Gasteiger partial charge is 0.262 e. The summed E-state index contributed by atoms with van der Waals surface area (Å²) >= 11 is 5.84. The number of hydrogen-bond acceptors (Lipinski definition) is 6. The molecular formula is C19H21ClN6O2. The second-order valence-corrected chi connectivity index (χ2v) is 6.94. The van der Waals surface area contributed by atoms with Crippen LogP contribution in [0.25, 0.3) is 0 Å². The van der Waals surface area contributed by atoms with Crippen molar-refractivity contribution >= 4 is 35.5 Å². The highest BCUT2D eigenvalue weighted by Gasteiger charge is 2.26. The van der Waals surface area contributed by atoms with E-state index in [0.29, 0.717) is 10.6 Å². The van der Waals surface area contributed by atoms with Crippen LogP contribution in [0.4, 0.5) is 0 Å². The Kier molecular flexibility index (Phi) is 6.23. The molecule has 0 bridgehead atoms. The number of nitrogens with one attached hydrogen (secondary N) is 6. The van der Waals surface area contributed by atoms with Crippen molar-refractivity contribution in [2.75, 3.05) is 13.1 Å². The van der Waals surface area contributed by atoms with Crippen molar-refractivity contribution in [1.82, 2.24) is 21.3 Å². The molecule has 28 heavy (non-hydrogen) atoms. The van der Waals surface area contributed by atoms with Crippen molar-refractivity contribution in [3.8, 4) is 0 Å². The molecule has 2 aliphatic rings. The van der Waals surface area contributed by atoms with E-state index < -0.39 is 5.91 Å². The van der Waals surface area contributed by atoms with Gasteiger partial charge in [-0.2, -0.15) is 0 Å². The zero-order valence-electron chi connectivity index (χ0n) is 15.1. The van der Waals surface area contributed by atoms with Gasteiger partial charge in [-0.15, -0.1) is 0 Å². The first-order valence-corrected chi connectivity index (χ1v) is 9.26. The monoisotopic (exact) mass is 400 g/mol. The van der Waals surface area contributed by atoms with Gasteiger partial charge in [-0.3, -0.25) is 15.0 Å². The second-order valence-electron chi connectivity index (χ2n) is 6.51. The maximum absolute atomic E-state index is 12.6. The maximum Gasteiger partial charge on any atom is 0.262 e. The van der Waals surface area contributed by atoms with Crippen LogP contribution in [0.1, 0.15) is 18.4 Å². The molecule has 0 atom stereocenters. The predicted molar refractivity (Wildman–Crippen MR) is 107 cm³/mol. The Balaban J connectivity index is 1.77. The number of amides is 2. The van der Waals surface area contributed by atoms with Gasteiger partial charge < -0.3 is 26.7 Å². The summed E-state index contributed by atoms with van der Waals surface area (Å²) in [5.74, 6) is -0.799. The second kappa shape index (κ2) is 8.81. The van der Waals surface area contributed by atoms with Crippen molar-refractivity contribution in [2.45, 2.75) is 12.8 Å². The topological polar surface area (TPSA) is 130 Å². The number of carbonyl (C=O) groups is 2. The van der Waals surface area contributed by atoms with Gasteiger partial charge >= 0.3 is 0 Å². The van der Waals surface area contributed by atoms with E-state index in [1.807, 2.05) is 0 Å². The molecule has 1 aromatic carbocycles. The van der Waals surface area contributed by atoms with Gasteiger partial charge in [-0.05, 0) is 50.2 Å². The van der Waals surface area contributed by atoms with Crippen LogP contribution in [-0.4, -0.2) is 37.0 Å². The van der Waals surface area contributed by atoms with Crippen LogP contribution in [-0.2, 0) is 9.59 Å². The molecule has 9 heteroatoms. The molecule has 0 aromatic heterocycles. The Morgan fingerprint density at radius 3 is 2.50 bits per heavy atom. The van der Waals surface area contributed by atoms with Gasteiger partial charge in [0, 0.05) is 34.5 Å². The standard InChI is InChI=1S/C19H21ClN6O2/c20-13-3-1-12(2-4-13)17(22)26-19(28)14(10-21)18-24-15(9-16(27)25-18)11-5-7-23-8-6-11/h1-4,9-11,21,23-24H,5-8H2,(H,25,27)(H2,22,26,28)/b18-14-,21-10?. The third-order valence-electron chi connectivity index (χ3n) is 4.61. The van der Waals surface area contributed by atoms with Crippen molar-refractivity contribution in [1.29, 1.82) is 10.8 Å². The number of rotatable bonds is 4. The largest absolute Gasteiger partial charge is 0.344 e. The summed E-state index contributed by atoms with van der Waals surface area (Å²) < 4.78 is 0. The van der Waals surface area contributed by atoms with E-state index >= 15 is 0 Å². The van der Waals surface area contributed by atoms with Gasteiger partial charge in [0.25, 0.3) is 11.8 Å². The lowest BCUT2D eigenvalue weighted by Crippen LogP contribution is -2.43. The van der Waals surface area contributed by atoms with Gasteiger partial charge in [-0.1, -0.05) is 11.6 Å². The molecule has 6 N–H and O–H groups in total. The normalized spacial score (nSPS) is 19.0. The maximum atomic E-state index is 12.6. The third-order valence-corrected chi connectivity index (χ3v) is 4.86. The number of allylic oxidation sites excluding steroid dienone is 1. The van der Waals surface area contributed by atoms with Crippen LogP contribution >= 0.6 is 11.6 Å². The van der Waals surface area contributed by atoms with Crippen molar-refractivity contribution in [2.24, 2.45) is 5.92 Å². The molecule has 2 aliphatic heterocycles. The zero-order chi connectivity index (χ0) is 20.1. The summed E-state index contributed by atoms with van der Waals surface area (Å²) in [6.07, 6.45) is 4.12. The molecule has 1 aromatic rings. The number of amidine groups is 1. The number of piperidine rings is 1. The molecule has 146 valence electrons. The lowest BCUT2D eigenvalue weighted by atomic mass is 9.93. The summed E-state index contributed by atoms with van der Waals surface area (Å²) in [5, 5.41) is 27.6. The van der Waals surface area contributed by atoms with Crippen LogP contribution in [0.3, 0.4) is 0 Å². The van der Waals surface area contributed by atoms with E-state index in [1.54, 1.807) is 24.3 Å². The Bertz CT molecular complexity index is 869. The fourth-order valence-corrected chi connectivity index (χ4v) is 3.25. The average molecular weight is 401 g/mol. The molecule has 0 radical (unpaired) electrons. The molecule has 0 saturated carbocycles. The van der Waals surface area contributed by atoms with Gasteiger partial charge in [0.2, 0.25) is 0 Å². The lowest BCUT2D eigenvalue weighted by molar-refractivity contribution is -0.116. The first kappa shape index (κ1) is 19.8. The van der Waals surface area contributed by atoms with Crippen molar-refractivity contribution < 1.29 is 9.59 Å². The molecule has 1 saturated heterocycles. The van der Waals surface area contributed by atoms with Gasteiger partial charge in [0.1, 0.15) is 11.7 Å². The SMILES string of the molecule is N=C/C(C(=O)NC(=N)c1ccc(Cl)cc1)=C1/NC(=O)C=C(C2CCNCC2)N1. The minimum Gasteiger partial charge on any atom is -0.344 e. The number of carbonyl (C=O) groups excluding carboxylic acids is 2. The first-order chi connectivity index (χ1) is 13.5. The lowest BCUT2D eigenvalue weighted by Gasteiger charge is -2.29. The molecule has 8 nitrogen and oxygen atoms in total. The Morgan fingerprint density at radius 2 is 1.86 bits per heavy atom. The average Bonchev–Trinajstić information content (AvgIpc) is 2.69. The van der Waals surface area contributed by atoms with E-state index in [1.165, 1.54) is 6.08 Å². The summed E-state index contributed by atoms with van der Waals surface area (Å²) in [5.41, 5.74) is 1.15. The first-order valence-electron chi connectivity index (χ1n) is 8.89. The van der Waals surface area contributed by atoms with E-state index in [0.717, 1.165) is 37.8 Å². The highest BCUT2D eigenvalue weighted by atomic mass is 35.5. The van der Waals surface area contributed by atoms with E-state index in [-0.39, 0.29) is 29.1 Å². The molecule has 0 unspecified atom stereocenters. The van der Waals surface area contributed by atoms with Gasteiger partial charge in [0.05, 0.1) is 5.57 Å². The highest BCUT2D eigenvalue weighted by molar-refractivity contribution is 6.30. The number of halogens is 1. The minimum atomic E-state index is -0.663. The fourth-order valence-electron chi connectivity index (χ4n) is 3.12. The van der Waals surface area contributed by atoms with Gasteiger partial charge in [-0.25, -0.2) is 0 Å². The Hall–Kier alpha value is -2.97. The van der Waals surface area contributed by atoms with Crippen LogP contribution < -0.4 is 21.3 Å². The minimum absolute atomic E-state index is 0.0633. The van der Waals surface area contributed by atoms with Crippen LogP contribution in [0.15, 0.2) is 47.4 Å². The number of benzene rings is 1. The van der Waals surface area contributed by atoms with E-state index in [4.69, 9.17) is 22.4 Å². The van der Waals surface area contributed by atoms with Gasteiger partial charge in [0.15, 0.2) is 0 Å². The van der Waals surface area contributed by atoms with E-state index in [2.05, 4.69) is 21.3 Å². The molecule has 2 amide bonds. The highest BCUT2D eigenvalue weighted by Crippen LogP contribution is 2.22.